The summed E-state index contributed by atoms with van der Waals surface area (Å²) < 4.78 is 42.2. The van der Waals surface area contributed by atoms with E-state index in [1.54, 1.807) is 24.3 Å². The SMILES string of the molecule is CC(C)CNC(=O)[C@H](Cc1ccccc1)N(Cc1ccc(Cl)cc1)C(=O)CN(c1ccc(F)cc1)S(=O)(=O)N(C)C. The van der Waals surface area contributed by atoms with Gasteiger partial charge in [-0.05, 0) is 53.4 Å². The predicted molar refractivity (Wildman–Crippen MR) is 160 cm³/mol. The highest BCUT2D eigenvalue weighted by atomic mass is 35.5. The summed E-state index contributed by atoms with van der Waals surface area (Å²) >= 11 is 6.08. The topological polar surface area (TPSA) is 90.0 Å². The fourth-order valence-corrected chi connectivity index (χ4v) is 5.27. The van der Waals surface area contributed by atoms with Gasteiger partial charge in [-0.1, -0.05) is 67.9 Å². The van der Waals surface area contributed by atoms with E-state index in [0.29, 0.717) is 17.1 Å². The number of carbonyl (C=O) groups is 2. The van der Waals surface area contributed by atoms with Crippen LogP contribution in [0.1, 0.15) is 25.0 Å². The number of amides is 2. The van der Waals surface area contributed by atoms with Crippen molar-refractivity contribution in [3.8, 4) is 0 Å². The van der Waals surface area contributed by atoms with Crippen molar-refractivity contribution in [2.24, 2.45) is 5.92 Å². The van der Waals surface area contributed by atoms with Gasteiger partial charge >= 0.3 is 10.2 Å². The van der Waals surface area contributed by atoms with Crippen LogP contribution in [0.3, 0.4) is 0 Å². The standard InChI is InChI=1S/C30H36ClFN4O4S/c1-22(2)19-33-30(38)28(18-23-8-6-5-7-9-23)35(20-24-10-12-25(31)13-11-24)29(37)21-36(41(39,40)34(3)4)27-16-14-26(32)15-17-27/h5-17,22,28H,18-21H2,1-4H3,(H,33,38)/t28-/m0/s1. The average Bonchev–Trinajstić information content (AvgIpc) is 2.94. The number of carbonyl (C=O) groups excluding carboxylic acids is 2. The first kappa shape index (κ1) is 32.0. The molecule has 0 radical (unpaired) electrons. The van der Waals surface area contributed by atoms with E-state index in [2.05, 4.69) is 5.32 Å². The molecule has 0 bridgehead atoms. The lowest BCUT2D eigenvalue weighted by atomic mass is 10.0. The summed E-state index contributed by atoms with van der Waals surface area (Å²) in [4.78, 5) is 29.2. The van der Waals surface area contributed by atoms with Gasteiger partial charge < -0.3 is 10.2 Å². The van der Waals surface area contributed by atoms with E-state index < -0.39 is 34.5 Å². The molecule has 41 heavy (non-hydrogen) atoms. The zero-order valence-corrected chi connectivity index (χ0v) is 25.2. The quantitative estimate of drug-likeness (QED) is 0.312. The Balaban J connectivity index is 2.07. The van der Waals surface area contributed by atoms with E-state index in [1.807, 2.05) is 44.2 Å². The summed E-state index contributed by atoms with van der Waals surface area (Å²) in [6.45, 7) is 3.76. The number of anilines is 1. The molecular weight excluding hydrogens is 567 g/mol. The maximum Gasteiger partial charge on any atom is 0.304 e. The second-order valence-corrected chi connectivity index (χ2v) is 12.8. The molecule has 1 atom stereocenters. The molecule has 0 saturated heterocycles. The molecule has 3 aromatic carbocycles. The van der Waals surface area contributed by atoms with Gasteiger partial charge in [-0.2, -0.15) is 12.7 Å². The molecule has 0 aliphatic carbocycles. The molecule has 1 N–H and O–H groups in total. The largest absolute Gasteiger partial charge is 0.354 e. The van der Waals surface area contributed by atoms with Crippen LogP contribution in [0.25, 0.3) is 0 Å². The third-order valence-electron chi connectivity index (χ3n) is 6.36. The van der Waals surface area contributed by atoms with Gasteiger partial charge in [0.25, 0.3) is 0 Å². The van der Waals surface area contributed by atoms with Crippen molar-refractivity contribution in [3.05, 3.63) is 101 Å². The highest BCUT2D eigenvalue weighted by Gasteiger charge is 2.34. The van der Waals surface area contributed by atoms with Gasteiger partial charge in [-0.15, -0.1) is 0 Å². The lowest BCUT2D eigenvalue weighted by Gasteiger charge is -2.34. The second kappa shape index (κ2) is 14.4. The average molecular weight is 603 g/mol. The Morgan fingerprint density at radius 1 is 0.902 bits per heavy atom. The van der Waals surface area contributed by atoms with Crippen molar-refractivity contribution >= 4 is 39.3 Å². The number of hydrogen-bond donors (Lipinski definition) is 1. The van der Waals surface area contributed by atoms with Gasteiger partial charge in [0.2, 0.25) is 11.8 Å². The van der Waals surface area contributed by atoms with E-state index >= 15 is 0 Å². The molecule has 0 aromatic heterocycles. The molecule has 11 heteroatoms. The smallest absolute Gasteiger partial charge is 0.304 e. The first-order valence-electron chi connectivity index (χ1n) is 13.2. The molecule has 8 nitrogen and oxygen atoms in total. The van der Waals surface area contributed by atoms with Crippen molar-refractivity contribution in [1.29, 1.82) is 0 Å². The number of halogens is 2. The van der Waals surface area contributed by atoms with E-state index in [0.717, 1.165) is 26.3 Å². The summed E-state index contributed by atoms with van der Waals surface area (Å²) in [6.07, 6.45) is 0.209. The van der Waals surface area contributed by atoms with Crippen molar-refractivity contribution < 1.29 is 22.4 Å². The third kappa shape index (κ3) is 9.01. The van der Waals surface area contributed by atoms with Crippen LogP contribution in [0, 0.1) is 11.7 Å². The zero-order valence-electron chi connectivity index (χ0n) is 23.6. The van der Waals surface area contributed by atoms with E-state index in [-0.39, 0.29) is 30.5 Å². The van der Waals surface area contributed by atoms with Gasteiger partial charge in [0.15, 0.2) is 0 Å². The minimum Gasteiger partial charge on any atom is -0.354 e. The Bertz CT molecular complexity index is 1400. The van der Waals surface area contributed by atoms with Crippen molar-refractivity contribution in [1.82, 2.24) is 14.5 Å². The van der Waals surface area contributed by atoms with Gasteiger partial charge in [-0.3, -0.25) is 9.59 Å². The van der Waals surface area contributed by atoms with E-state index in [4.69, 9.17) is 11.6 Å². The summed E-state index contributed by atoms with van der Waals surface area (Å²) in [5, 5.41) is 3.45. The highest BCUT2D eigenvalue weighted by Crippen LogP contribution is 2.22. The zero-order chi connectivity index (χ0) is 30.2. The van der Waals surface area contributed by atoms with E-state index in [1.165, 1.54) is 31.1 Å². The number of hydrogen-bond acceptors (Lipinski definition) is 4. The van der Waals surface area contributed by atoms with Crippen LogP contribution in [0.15, 0.2) is 78.9 Å². The third-order valence-corrected chi connectivity index (χ3v) is 8.43. The van der Waals surface area contributed by atoms with Crippen LogP contribution in [0.4, 0.5) is 10.1 Å². The molecule has 0 heterocycles. The molecule has 0 saturated carbocycles. The molecule has 0 aliphatic heterocycles. The first-order valence-corrected chi connectivity index (χ1v) is 15.0. The van der Waals surface area contributed by atoms with Crippen LogP contribution in [0.2, 0.25) is 5.02 Å². The van der Waals surface area contributed by atoms with Crippen molar-refractivity contribution in [2.75, 3.05) is 31.5 Å². The minimum absolute atomic E-state index is 0.0296. The first-order chi connectivity index (χ1) is 19.4. The minimum atomic E-state index is -4.16. The fraction of sp³-hybridized carbons (Fsp3) is 0.333. The van der Waals surface area contributed by atoms with Crippen LogP contribution in [-0.4, -0.2) is 62.7 Å². The molecule has 3 rings (SSSR count). The molecule has 0 fully saturated rings. The second-order valence-electron chi connectivity index (χ2n) is 10.3. The van der Waals surface area contributed by atoms with Crippen LogP contribution < -0.4 is 9.62 Å². The Morgan fingerprint density at radius 3 is 2.07 bits per heavy atom. The predicted octanol–water partition coefficient (Wildman–Crippen LogP) is 4.50. The van der Waals surface area contributed by atoms with Crippen LogP contribution in [-0.2, 0) is 32.8 Å². The molecule has 0 unspecified atom stereocenters. The lowest BCUT2D eigenvalue weighted by Crippen LogP contribution is -2.54. The number of rotatable bonds is 13. The Hall–Kier alpha value is -3.47. The van der Waals surface area contributed by atoms with Gasteiger partial charge in [0.1, 0.15) is 18.4 Å². The maximum atomic E-state index is 14.1. The fourth-order valence-electron chi connectivity index (χ4n) is 4.09. The molecular formula is C30H36ClFN4O4S. The molecule has 3 aromatic rings. The van der Waals surface area contributed by atoms with Crippen LogP contribution >= 0.6 is 11.6 Å². The molecule has 2 amide bonds. The Kier molecular flexibility index (Phi) is 11.3. The Labute approximate surface area is 246 Å². The Morgan fingerprint density at radius 2 is 1.51 bits per heavy atom. The number of nitrogens with one attached hydrogen (secondary N) is 1. The lowest BCUT2D eigenvalue weighted by molar-refractivity contribution is -0.140. The van der Waals surface area contributed by atoms with E-state index in [9.17, 15) is 22.4 Å². The summed E-state index contributed by atoms with van der Waals surface area (Å²) in [5.74, 6) is -1.32. The summed E-state index contributed by atoms with van der Waals surface area (Å²) in [5.41, 5.74) is 1.66. The van der Waals surface area contributed by atoms with Crippen molar-refractivity contribution in [2.45, 2.75) is 32.9 Å². The monoisotopic (exact) mass is 602 g/mol. The number of nitrogens with zero attached hydrogens (tertiary/aromatic N) is 3. The molecule has 0 spiro atoms. The van der Waals surface area contributed by atoms with Gasteiger partial charge in [-0.25, -0.2) is 8.70 Å². The van der Waals surface area contributed by atoms with Gasteiger partial charge in [0, 0.05) is 38.6 Å². The normalized spacial score (nSPS) is 12.3. The van der Waals surface area contributed by atoms with Gasteiger partial charge in [0.05, 0.1) is 5.69 Å². The number of benzene rings is 3. The summed E-state index contributed by atoms with van der Waals surface area (Å²) in [7, 11) is -1.47. The molecule has 220 valence electrons. The highest BCUT2D eigenvalue weighted by molar-refractivity contribution is 7.90. The van der Waals surface area contributed by atoms with Crippen molar-refractivity contribution in [3.63, 3.8) is 0 Å². The van der Waals surface area contributed by atoms with Crippen LogP contribution in [0.5, 0.6) is 0 Å². The summed E-state index contributed by atoms with van der Waals surface area (Å²) in [6, 6.07) is 20.1. The maximum absolute atomic E-state index is 14.1. The molecule has 0 aliphatic rings.